The van der Waals surface area contributed by atoms with E-state index in [1.54, 1.807) is 0 Å². The lowest BCUT2D eigenvalue weighted by Gasteiger charge is -2.13. The zero-order valence-electron chi connectivity index (χ0n) is 14.6. The van der Waals surface area contributed by atoms with E-state index >= 15 is 0 Å². The van der Waals surface area contributed by atoms with Gasteiger partial charge in [0, 0.05) is 6.61 Å². The molecule has 2 N–H and O–H groups in total. The molecule has 0 saturated heterocycles. The molecule has 0 amide bonds. The van der Waals surface area contributed by atoms with Crippen molar-refractivity contribution in [2.45, 2.75) is 38.7 Å². The van der Waals surface area contributed by atoms with Gasteiger partial charge in [-0.3, -0.25) is 0 Å². The Bertz CT molecular complexity index is 571. The summed E-state index contributed by atoms with van der Waals surface area (Å²) in [5, 5.41) is 0. The van der Waals surface area contributed by atoms with Crippen molar-refractivity contribution in [3.63, 3.8) is 0 Å². The first kappa shape index (κ1) is 18.5. The molecule has 2 aromatic rings. The van der Waals surface area contributed by atoms with Crippen LogP contribution in [0.3, 0.4) is 0 Å². The molecule has 0 saturated carbocycles. The minimum atomic E-state index is 0.477. The molecule has 1 atom stereocenters. The Morgan fingerprint density at radius 2 is 1.75 bits per heavy atom. The first-order valence-electron chi connectivity index (χ1n) is 8.84. The summed E-state index contributed by atoms with van der Waals surface area (Å²) >= 11 is 0. The van der Waals surface area contributed by atoms with E-state index in [1.807, 2.05) is 24.3 Å². The van der Waals surface area contributed by atoms with Gasteiger partial charge in [-0.05, 0) is 55.0 Å². The van der Waals surface area contributed by atoms with Gasteiger partial charge in [-0.15, -0.1) is 0 Å². The minimum absolute atomic E-state index is 0.477. The largest absolute Gasteiger partial charge is 0.494 e. The van der Waals surface area contributed by atoms with Crippen LogP contribution in [-0.2, 0) is 11.3 Å². The Labute approximate surface area is 145 Å². The number of hydrogen-bond donors (Lipinski definition) is 1. The molecule has 24 heavy (non-hydrogen) atoms. The van der Waals surface area contributed by atoms with Gasteiger partial charge in [0.1, 0.15) is 5.75 Å². The van der Waals surface area contributed by atoms with E-state index in [1.165, 1.54) is 11.1 Å². The molecular weight excluding hydrogens is 298 g/mol. The third-order valence-corrected chi connectivity index (χ3v) is 4.09. The summed E-state index contributed by atoms with van der Waals surface area (Å²) in [5.74, 6) is 1.42. The van der Waals surface area contributed by atoms with Gasteiger partial charge < -0.3 is 15.2 Å². The van der Waals surface area contributed by atoms with Gasteiger partial charge in [-0.2, -0.15) is 0 Å². The zero-order valence-corrected chi connectivity index (χ0v) is 14.6. The fourth-order valence-corrected chi connectivity index (χ4v) is 2.59. The van der Waals surface area contributed by atoms with E-state index in [9.17, 15) is 0 Å². The number of ether oxygens (including phenoxy) is 2. The Kier molecular flexibility index (Phi) is 8.36. The minimum Gasteiger partial charge on any atom is -0.494 e. The summed E-state index contributed by atoms with van der Waals surface area (Å²) in [6.07, 6.45) is 3.01. The SMILES string of the molecule is CC(CCN)c1cccc(OCCCCOCc2ccccc2)c1. The van der Waals surface area contributed by atoms with Crippen molar-refractivity contribution >= 4 is 0 Å². The van der Waals surface area contributed by atoms with Crippen LogP contribution in [0.5, 0.6) is 5.75 Å². The van der Waals surface area contributed by atoms with Gasteiger partial charge in [0.05, 0.1) is 13.2 Å². The van der Waals surface area contributed by atoms with E-state index in [4.69, 9.17) is 15.2 Å². The van der Waals surface area contributed by atoms with Crippen molar-refractivity contribution in [1.29, 1.82) is 0 Å². The van der Waals surface area contributed by atoms with Crippen molar-refractivity contribution in [3.05, 3.63) is 65.7 Å². The van der Waals surface area contributed by atoms with Crippen molar-refractivity contribution in [2.75, 3.05) is 19.8 Å². The van der Waals surface area contributed by atoms with Gasteiger partial charge in [-0.1, -0.05) is 49.4 Å². The molecule has 0 heterocycles. The van der Waals surface area contributed by atoms with Crippen LogP contribution in [0.4, 0.5) is 0 Å². The Balaban J connectivity index is 1.59. The average molecular weight is 327 g/mol. The fourth-order valence-electron chi connectivity index (χ4n) is 2.59. The molecule has 3 heteroatoms. The van der Waals surface area contributed by atoms with Crippen molar-refractivity contribution < 1.29 is 9.47 Å². The number of rotatable bonds is 11. The molecule has 3 nitrogen and oxygen atoms in total. The summed E-state index contributed by atoms with van der Waals surface area (Å²) in [4.78, 5) is 0. The van der Waals surface area contributed by atoms with Crippen LogP contribution < -0.4 is 10.5 Å². The smallest absolute Gasteiger partial charge is 0.119 e. The predicted octanol–water partition coefficient (Wildman–Crippen LogP) is 4.51. The fraction of sp³-hybridized carbons (Fsp3) is 0.429. The second-order valence-electron chi connectivity index (χ2n) is 6.14. The van der Waals surface area contributed by atoms with Crippen LogP contribution >= 0.6 is 0 Å². The highest BCUT2D eigenvalue weighted by atomic mass is 16.5. The average Bonchev–Trinajstić information content (AvgIpc) is 2.62. The molecule has 0 aliphatic rings. The van der Waals surface area contributed by atoms with E-state index in [0.717, 1.165) is 44.8 Å². The van der Waals surface area contributed by atoms with Crippen molar-refractivity contribution in [2.24, 2.45) is 5.73 Å². The first-order valence-corrected chi connectivity index (χ1v) is 8.84. The lowest BCUT2D eigenvalue weighted by molar-refractivity contribution is 0.113. The normalized spacial score (nSPS) is 12.1. The van der Waals surface area contributed by atoms with Gasteiger partial charge in [0.2, 0.25) is 0 Å². The van der Waals surface area contributed by atoms with Crippen molar-refractivity contribution in [1.82, 2.24) is 0 Å². The molecule has 0 fully saturated rings. The molecule has 1 unspecified atom stereocenters. The highest BCUT2D eigenvalue weighted by Crippen LogP contribution is 2.22. The quantitative estimate of drug-likeness (QED) is 0.617. The third kappa shape index (κ3) is 6.73. The summed E-state index contributed by atoms with van der Waals surface area (Å²) in [5.41, 5.74) is 8.15. The summed E-state index contributed by atoms with van der Waals surface area (Å²) in [7, 11) is 0. The maximum absolute atomic E-state index is 5.85. The van der Waals surface area contributed by atoms with Crippen LogP contribution in [0.15, 0.2) is 54.6 Å². The van der Waals surface area contributed by atoms with E-state index in [-0.39, 0.29) is 0 Å². The number of benzene rings is 2. The maximum Gasteiger partial charge on any atom is 0.119 e. The van der Waals surface area contributed by atoms with E-state index in [0.29, 0.717) is 12.5 Å². The third-order valence-electron chi connectivity index (χ3n) is 4.09. The molecule has 0 spiro atoms. The van der Waals surface area contributed by atoms with E-state index < -0.39 is 0 Å². The van der Waals surface area contributed by atoms with Crippen LogP contribution in [0.25, 0.3) is 0 Å². The number of hydrogen-bond acceptors (Lipinski definition) is 3. The van der Waals surface area contributed by atoms with Crippen LogP contribution in [0.2, 0.25) is 0 Å². The highest BCUT2D eigenvalue weighted by Gasteiger charge is 2.05. The van der Waals surface area contributed by atoms with Crippen LogP contribution in [-0.4, -0.2) is 19.8 Å². The second kappa shape index (κ2) is 10.8. The molecule has 2 rings (SSSR count). The number of nitrogens with two attached hydrogens (primary N) is 1. The maximum atomic E-state index is 5.85. The molecular formula is C21H29NO2. The highest BCUT2D eigenvalue weighted by molar-refractivity contribution is 5.30. The molecule has 0 bridgehead atoms. The lowest BCUT2D eigenvalue weighted by atomic mass is 9.98. The molecule has 2 aromatic carbocycles. The first-order chi connectivity index (χ1) is 11.8. The molecule has 0 radical (unpaired) electrons. The summed E-state index contributed by atoms with van der Waals surface area (Å²) in [6.45, 7) is 5.10. The lowest BCUT2D eigenvalue weighted by Crippen LogP contribution is -2.05. The standard InChI is InChI=1S/C21H29NO2/c1-18(12-13-22)20-10-7-11-21(16-20)24-15-6-5-14-23-17-19-8-3-2-4-9-19/h2-4,7-11,16,18H,5-6,12-15,17,22H2,1H3. The molecule has 130 valence electrons. The monoisotopic (exact) mass is 327 g/mol. The number of unbranched alkanes of at least 4 members (excludes halogenated alkanes) is 1. The summed E-state index contributed by atoms with van der Waals surface area (Å²) < 4.78 is 11.5. The van der Waals surface area contributed by atoms with Gasteiger partial charge in [0.25, 0.3) is 0 Å². The summed E-state index contributed by atoms with van der Waals surface area (Å²) in [6, 6.07) is 18.6. The van der Waals surface area contributed by atoms with Crippen LogP contribution in [0.1, 0.15) is 43.2 Å². The molecule has 0 aromatic heterocycles. The molecule has 0 aliphatic carbocycles. The molecule has 0 aliphatic heterocycles. The Morgan fingerprint density at radius 3 is 2.54 bits per heavy atom. The zero-order chi connectivity index (χ0) is 17.0. The second-order valence-corrected chi connectivity index (χ2v) is 6.14. The van der Waals surface area contributed by atoms with Gasteiger partial charge >= 0.3 is 0 Å². The Hall–Kier alpha value is -1.84. The van der Waals surface area contributed by atoms with Crippen LogP contribution in [0, 0.1) is 0 Å². The van der Waals surface area contributed by atoms with E-state index in [2.05, 4.69) is 37.3 Å². The van der Waals surface area contributed by atoms with Gasteiger partial charge in [0.15, 0.2) is 0 Å². The topological polar surface area (TPSA) is 44.5 Å². The predicted molar refractivity (Wildman–Crippen MR) is 99.4 cm³/mol. The van der Waals surface area contributed by atoms with Crippen molar-refractivity contribution in [3.8, 4) is 5.75 Å². The van der Waals surface area contributed by atoms with Gasteiger partial charge in [-0.25, -0.2) is 0 Å². The Morgan fingerprint density at radius 1 is 0.958 bits per heavy atom.